The normalized spacial score (nSPS) is 21.8. The van der Waals surface area contributed by atoms with Crippen molar-refractivity contribution in [2.24, 2.45) is 5.92 Å². The lowest BCUT2D eigenvalue weighted by molar-refractivity contribution is -0.158. The zero-order valence-electron chi connectivity index (χ0n) is 9.26. The average molecular weight is 252 g/mol. The van der Waals surface area contributed by atoms with Crippen molar-refractivity contribution in [3.8, 4) is 6.07 Å². The summed E-state index contributed by atoms with van der Waals surface area (Å²) in [7, 11) is 0. The molecule has 0 radical (unpaired) electrons. The van der Waals surface area contributed by atoms with Crippen LogP contribution in [0.25, 0.3) is 0 Å². The summed E-state index contributed by atoms with van der Waals surface area (Å²) >= 11 is 0. The van der Waals surface area contributed by atoms with E-state index in [-0.39, 0.29) is 6.54 Å². The lowest BCUT2D eigenvalue weighted by atomic mass is 9.94. The molecule has 0 aromatic rings. The Bertz CT molecular complexity index is 282. The summed E-state index contributed by atoms with van der Waals surface area (Å²) in [4.78, 5) is 0. The number of halogens is 3. The van der Waals surface area contributed by atoms with Crippen LogP contribution in [0.3, 0.4) is 0 Å². The highest BCUT2D eigenvalue weighted by Gasteiger charge is 2.40. The van der Waals surface area contributed by atoms with Crippen molar-refractivity contribution in [2.45, 2.75) is 24.6 Å². The number of nitrogens with zero attached hydrogens (tertiary/aromatic N) is 1. The van der Waals surface area contributed by atoms with Gasteiger partial charge in [0.25, 0.3) is 0 Å². The van der Waals surface area contributed by atoms with Gasteiger partial charge in [0.1, 0.15) is 0 Å². The number of rotatable bonds is 4. The molecule has 1 aliphatic heterocycles. The number of nitriles is 1. The fourth-order valence-corrected chi connectivity index (χ4v) is 1.61. The van der Waals surface area contributed by atoms with Crippen LogP contribution in [0.4, 0.5) is 13.2 Å². The number of aliphatic hydroxyl groups is 1. The minimum atomic E-state index is -4.53. The van der Waals surface area contributed by atoms with Crippen LogP contribution >= 0.6 is 0 Å². The molecular weight excluding hydrogens is 237 g/mol. The van der Waals surface area contributed by atoms with Crippen LogP contribution in [0.2, 0.25) is 0 Å². The van der Waals surface area contributed by atoms with Crippen LogP contribution < -0.4 is 5.32 Å². The molecular formula is C10H15F3N2O2. The molecule has 0 amide bonds. The predicted molar refractivity (Wildman–Crippen MR) is 53.0 cm³/mol. The number of ether oxygens (including phenoxy) is 1. The van der Waals surface area contributed by atoms with E-state index < -0.39 is 24.2 Å². The highest BCUT2D eigenvalue weighted by atomic mass is 19.4. The van der Waals surface area contributed by atoms with Gasteiger partial charge in [-0.2, -0.15) is 18.4 Å². The Morgan fingerprint density at radius 3 is 2.47 bits per heavy atom. The van der Waals surface area contributed by atoms with Gasteiger partial charge in [-0.15, -0.1) is 0 Å². The maximum absolute atomic E-state index is 12.2. The minimum absolute atomic E-state index is 0.0463. The molecule has 1 aliphatic rings. The number of alkyl halides is 3. The van der Waals surface area contributed by atoms with E-state index in [9.17, 15) is 18.3 Å². The van der Waals surface area contributed by atoms with E-state index in [1.54, 1.807) is 0 Å². The van der Waals surface area contributed by atoms with Crippen molar-refractivity contribution in [1.29, 1.82) is 5.26 Å². The summed E-state index contributed by atoms with van der Waals surface area (Å²) in [5.41, 5.74) is -1.02. The number of nitrogens with one attached hydrogen (secondary N) is 1. The molecule has 1 atom stereocenters. The van der Waals surface area contributed by atoms with Gasteiger partial charge >= 0.3 is 6.18 Å². The summed E-state index contributed by atoms with van der Waals surface area (Å²) < 4.78 is 41.8. The molecule has 17 heavy (non-hydrogen) atoms. The minimum Gasteiger partial charge on any atom is -0.388 e. The maximum atomic E-state index is 12.2. The first-order chi connectivity index (χ1) is 7.87. The Labute approximate surface area is 97.4 Å². The lowest BCUT2D eigenvalue weighted by Gasteiger charge is -2.32. The predicted octanol–water partition coefficient (Wildman–Crippen LogP) is 0.820. The first-order valence-corrected chi connectivity index (χ1v) is 5.34. The van der Waals surface area contributed by atoms with Crippen LogP contribution in [-0.4, -0.2) is 43.2 Å². The van der Waals surface area contributed by atoms with Crippen molar-refractivity contribution in [2.75, 3.05) is 26.3 Å². The molecule has 2 N–H and O–H groups in total. The molecule has 0 spiro atoms. The molecule has 98 valence electrons. The quantitative estimate of drug-likeness (QED) is 0.777. The van der Waals surface area contributed by atoms with Gasteiger partial charge in [0.15, 0.2) is 5.92 Å². The van der Waals surface area contributed by atoms with E-state index in [0.717, 1.165) is 0 Å². The highest BCUT2D eigenvalue weighted by Crippen LogP contribution is 2.25. The Morgan fingerprint density at radius 2 is 2.00 bits per heavy atom. The SMILES string of the molecule is N#CC(CNCC1(O)CCOCC1)C(F)(F)F. The van der Waals surface area contributed by atoms with Crippen molar-refractivity contribution in [3.05, 3.63) is 0 Å². The van der Waals surface area contributed by atoms with Gasteiger partial charge in [0.2, 0.25) is 0 Å². The van der Waals surface area contributed by atoms with Gasteiger partial charge in [-0.1, -0.05) is 0 Å². The highest BCUT2D eigenvalue weighted by molar-refractivity contribution is 4.91. The second-order valence-electron chi connectivity index (χ2n) is 4.19. The standard InChI is InChI=1S/C10H15F3N2O2/c11-10(12,13)8(5-14)6-15-7-9(16)1-3-17-4-2-9/h8,15-16H,1-4,6-7H2. The van der Waals surface area contributed by atoms with Crippen molar-refractivity contribution < 1.29 is 23.0 Å². The average Bonchev–Trinajstić information content (AvgIpc) is 2.23. The summed E-state index contributed by atoms with van der Waals surface area (Å²) in [6.07, 6.45) is -3.74. The van der Waals surface area contributed by atoms with E-state index in [2.05, 4.69) is 5.32 Å². The smallest absolute Gasteiger partial charge is 0.388 e. The van der Waals surface area contributed by atoms with Crippen molar-refractivity contribution >= 4 is 0 Å². The van der Waals surface area contributed by atoms with Crippen LogP contribution in [0, 0.1) is 17.2 Å². The van der Waals surface area contributed by atoms with Crippen molar-refractivity contribution in [3.63, 3.8) is 0 Å². The van der Waals surface area contributed by atoms with Crippen LogP contribution in [-0.2, 0) is 4.74 Å². The van der Waals surface area contributed by atoms with Gasteiger partial charge in [-0.25, -0.2) is 0 Å². The molecule has 1 rings (SSSR count). The molecule has 1 unspecified atom stereocenters. The Balaban J connectivity index is 2.34. The van der Waals surface area contributed by atoms with Crippen LogP contribution in [0.15, 0.2) is 0 Å². The molecule has 0 aromatic carbocycles. The Kier molecular flexibility index (Phi) is 4.74. The maximum Gasteiger partial charge on any atom is 0.405 e. The van der Waals surface area contributed by atoms with E-state index in [4.69, 9.17) is 10.00 Å². The third kappa shape index (κ3) is 4.50. The van der Waals surface area contributed by atoms with Crippen molar-refractivity contribution in [1.82, 2.24) is 5.32 Å². The molecule has 0 aromatic heterocycles. The van der Waals surface area contributed by atoms with Gasteiger partial charge in [0.05, 0.1) is 11.7 Å². The second-order valence-corrected chi connectivity index (χ2v) is 4.19. The zero-order valence-corrected chi connectivity index (χ0v) is 9.26. The monoisotopic (exact) mass is 252 g/mol. The fourth-order valence-electron chi connectivity index (χ4n) is 1.61. The number of hydrogen-bond donors (Lipinski definition) is 2. The fraction of sp³-hybridized carbons (Fsp3) is 0.900. The van der Waals surface area contributed by atoms with Gasteiger partial charge in [0, 0.05) is 39.1 Å². The van der Waals surface area contributed by atoms with Gasteiger partial charge in [-0.3, -0.25) is 0 Å². The third-order valence-corrected chi connectivity index (χ3v) is 2.78. The molecule has 1 fully saturated rings. The topological polar surface area (TPSA) is 65.3 Å². The molecule has 0 saturated carbocycles. The summed E-state index contributed by atoms with van der Waals surface area (Å²) in [6.45, 7) is 0.353. The van der Waals surface area contributed by atoms with E-state index >= 15 is 0 Å². The van der Waals surface area contributed by atoms with Gasteiger partial charge < -0.3 is 15.2 Å². The molecule has 4 nitrogen and oxygen atoms in total. The molecule has 0 aliphatic carbocycles. The summed E-state index contributed by atoms with van der Waals surface area (Å²) in [6, 6.07) is 1.20. The molecule has 7 heteroatoms. The molecule has 0 bridgehead atoms. The molecule has 1 heterocycles. The van der Waals surface area contributed by atoms with Crippen LogP contribution in [0.1, 0.15) is 12.8 Å². The van der Waals surface area contributed by atoms with E-state index in [0.29, 0.717) is 26.1 Å². The number of hydrogen-bond acceptors (Lipinski definition) is 4. The first-order valence-electron chi connectivity index (χ1n) is 5.34. The summed E-state index contributed by atoms with van der Waals surface area (Å²) in [5, 5.41) is 20.8. The van der Waals surface area contributed by atoms with Crippen LogP contribution in [0.5, 0.6) is 0 Å². The van der Waals surface area contributed by atoms with E-state index in [1.165, 1.54) is 6.07 Å². The molecule has 1 saturated heterocycles. The Morgan fingerprint density at radius 1 is 1.41 bits per heavy atom. The lowest BCUT2D eigenvalue weighted by Crippen LogP contribution is -2.47. The van der Waals surface area contributed by atoms with E-state index in [1.807, 2.05) is 0 Å². The summed E-state index contributed by atoms with van der Waals surface area (Å²) in [5.74, 6) is -2.04. The first kappa shape index (κ1) is 14.2. The van der Waals surface area contributed by atoms with Gasteiger partial charge in [-0.05, 0) is 0 Å². The Hall–Kier alpha value is -0.840. The third-order valence-electron chi connectivity index (χ3n) is 2.78. The zero-order chi connectivity index (χ0) is 12.9. The second kappa shape index (κ2) is 5.67. The largest absolute Gasteiger partial charge is 0.405 e.